The van der Waals surface area contributed by atoms with Gasteiger partial charge in [0.1, 0.15) is 0 Å². The molecule has 0 radical (unpaired) electrons. The number of rotatable bonds is 3. The summed E-state index contributed by atoms with van der Waals surface area (Å²) in [5, 5.41) is 3.92. The Kier molecular flexibility index (Phi) is 12.7. The zero-order valence-electron chi connectivity index (χ0n) is 10.4. The van der Waals surface area contributed by atoms with E-state index in [0.717, 1.165) is 17.9 Å². The maximum Gasteiger partial charge on any atom is 1.00 e. The van der Waals surface area contributed by atoms with Crippen LogP contribution in [0.15, 0.2) is 18.2 Å². The number of hydrogen-bond donors (Lipinski definition) is 0. The summed E-state index contributed by atoms with van der Waals surface area (Å²) in [5.74, 6) is 0.829. The van der Waals surface area contributed by atoms with Crippen LogP contribution >= 0.6 is 0 Å². The SMILES string of the molecule is C=C/C(C)=C\c1n[c-]nn1CC.CC.[K+]. The van der Waals surface area contributed by atoms with Gasteiger partial charge in [0.05, 0.1) is 0 Å². The molecular weight excluding hydrogens is 213 g/mol. The smallest absolute Gasteiger partial charge is 0.414 e. The molecule has 0 aliphatic heterocycles. The molecule has 0 aliphatic rings. The quantitative estimate of drug-likeness (QED) is 0.407. The van der Waals surface area contributed by atoms with E-state index in [0.29, 0.717) is 0 Å². The second-order valence-corrected chi connectivity index (χ2v) is 2.48. The molecule has 1 aromatic rings. The van der Waals surface area contributed by atoms with Gasteiger partial charge in [0, 0.05) is 6.54 Å². The van der Waals surface area contributed by atoms with Gasteiger partial charge in [-0.05, 0) is 26.0 Å². The Balaban J connectivity index is 0. The van der Waals surface area contributed by atoms with E-state index < -0.39 is 0 Å². The van der Waals surface area contributed by atoms with Crippen molar-refractivity contribution in [1.82, 2.24) is 14.8 Å². The Hall–Kier alpha value is 0.256. The Morgan fingerprint density at radius 2 is 2.13 bits per heavy atom. The van der Waals surface area contributed by atoms with Crippen LogP contribution in [0.1, 0.15) is 33.5 Å². The van der Waals surface area contributed by atoms with Crippen molar-refractivity contribution in [2.45, 2.75) is 34.2 Å². The molecule has 0 N–H and O–H groups in total. The van der Waals surface area contributed by atoms with Gasteiger partial charge in [0.2, 0.25) is 0 Å². The Morgan fingerprint density at radius 3 is 2.60 bits per heavy atom. The number of allylic oxidation sites excluding steroid dienone is 2. The minimum Gasteiger partial charge on any atom is -0.414 e. The molecule has 78 valence electrons. The zero-order valence-corrected chi connectivity index (χ0v) is 13.5. The van der Waals surface area contributed by atoms with Crippen molar-refractivity contribution >= 4 is 6.08 Å². The van der Waals surface area contributed by atoms with E-state index >= 15 is 0 Å². The Bertz CT molecular complexity index is 303. The zero-order chi connectivity index (χ0) is 11.0. The van der Waals surface area contributed by atoms with Crippen LogP contribution in [0.5, 0.6) is 0 Å². The molecule has 0 aliphatic carbocycles. The van der Waals surface area contributed by atoms with Crippen molar-refractivity contribution < 1.29 is 51.4 Å². The third-order valence-electron chi connectivity index (χ3n) is 1.57. The minimum absolute atomic E-state index is 0. The molecular formula is C11H18KN3. The van der Waals surface area contributed by atoms with Crippen molar-refractivity contribution in [2.24, 2.45) is 0 Å². The number of aryl methyl sites for hydroxylation is 1. The predicted molar refractivity (Wildman–Crippen MR) is 59.7 cm³/mol. The maximum atomic E-state index is 3.98. The summed E-state index contributed by atoms with van der Waals surface area (Å²) >= 11 is 0. The molecule has 1 heterocycles. The summed E-state index contributed by atoms with van der Waals surface area (Å²) in [7, 11) is 0. The van der Waals surface area contributed by atoms with Crippen molar-refractivity contribution in [2.75, 3.05) is 0 Å². The first-order valence-corrected chi connectivity index (χ1v) is 4.89. The van der Waals surface area contributed by atoms with Crippen LogP contribution in [0, 0.1) is 6.33 Å². The van der Waals surface area contributed by atoms with Gasteiger partial charge in [-0.15, -0.1) is 0 Å². The fourth-order valence-corrected chi connectivity index (χ4v) is 0.839. The van der Waals surface area contributed by atoms with Crippen LogP contribution in [-0.2, 0) is 6.54 Å². The molecule has 0 aromatic carbocycles. The van der Waals surface area contributed by atoms with Gasteiger partial charge >= 0.3 is 51.4 Å². The second kappa shape index (κ2) is 10.8. The van der Waals surface area contributed by atoms with Crippen LogP contribution in [0.3, 0.4) is 0 Å². The van der Waals surface area contributed by atoms with Crippen LogP contribution in [0.25, 0.3) is 6.08 Å². The summed E-state index contributed by atoms with van der Waals surface area (Å²) in [6.07, 6.45) is 6.28. The molecule has 0 fully saturated rings. The van der Waals surface area contributed by atoms with E-state index in [2.05, 4.69) is 23.0 Å². The summed E-state index contributed by atoms with van der Waals surface area (Å²) in [4.78, 5) is 3.98. The molecule has 4 heteroatoms. The largest absolute Gasteiger partial charge is 1.00 e. The van der Waals surface area contributed by atoms with E-state index in [-0.39, 0.29) is 51.4 Å². The van der Waals surface area contributed by atoms with Gasteiger partial charge in [-0.3, -0.25) is 5.10 Å². The summed E-state index contributed by atoms with van der Waals surface area (Å²) in [5.41, 5.74) is 1.08. The molecule has 1 rings (SSSR count). The second-order valence-electron chi connectivity index (χ2n) is 2.48. The van der Waals surface area contributed by atoms with E-state index in [1.807, 2.05) is 33.8 Å². The maximum absolute atomic E-state index is 3.98. The van der Waals surface area contributed by atoms with E-state index in [4.69, 9.17) is 0 Å². The van der Waals surface area contributed by atoms with Crippen LogP contribution in [0.4, 0.5) is 0 Å². The molecule has 0 saturated carbocycles. The van der Waals surface area contributed by atoms with Gasteiger partial charge in [-0.2, -0.15) is 0 Å². The van der Waals surface area contributed by atoms with Crippen LogP contribution in [-0.4, -0.2) is 14.8 Å². The van der Waals surface area contributed by atoms with Crippen LogP contribution < -0.4 is 51.4 Å². The Labute approximate surface area is 135 Å². The molecule has 3 nitrogen and oxygen atoms in total. The molecule has 0 amide bonds. The number of aromatic nitrogens is 3. The van der Waals surface area contributed by atoms with Crippen LogP contribution in [0.2, 0.25) is 0 Å². The average molecular weight is 231 g/mol. The summed E-state index contributed by atoms with van der Waals surface area (Å²) in [6, 6.07) is 0. The molecule has 0 saturated heterocycles. The Morgan fingerprint density at radius 1 is 1.53 bits per heavy atom. The fraction of sp³-hybridized carbons (Fsp3) is 0.455. The van der Waals surface area contributed by atoms with Gasteiger partial charge in [-0.25, -0.2) is 0 Å². The van der Waals surface area contributed by atoms with Crippen molar-refractivity contribution in [3.8, 4) is 0 Å². The van der Waals surface area contributed by atoms with Gasteiger partial charge in [-0.1, -0.05) is 38.2 Å². The fourth-order valence-electron chi connectivity index (χ4n) is 0.839. The monoisotopic (exact) mass is 231 g/mol. The number of hydrogen-bond acceptors (Lipinski definition) is 2. The topological polar surface area (TPSA) is 30.7 Å². The van der Waals surface area contributed by atoms with Gasteiger partial charge in [0.25, 0.3) is 0 Å². The third-order valence-corrected chi connectivity index (χ3v) is 1.57. The van der Waals surface area contributed by atoms with Crippen molar-refractivity contribution in [3.63, 3.8) is 0 Å². The number of nitrogens with zero attached hydrogens (tertiary/aromatic N) is 3. The molecule has 0 unspecified atom stereocenters. The normalized spacial score (nSPS) is 9.73. The first-order valence-electron chi connectivity index (χ1n) is 4.89. The minimum atomic E-state index is 0. The molecule has 0 bridgehead atoms. The van der Waals surface area contributed by atoms with E-state index in [1.165, 1.54) is 0 Å². The van der Waals surface area contributed by atoms with Gasteiger partial charge < -0.3 is 9.67 Å². The molecule has 1 aromatic heterocycles. The van der Waals surface area contributed by atoms with E-state index in [1.54, 1.807) is 10.8 Å². The van der Waals surface area contributed by atoms with Gasteiger partial charge in [0.15, 0.2) is 0 Å². The first kappa shape index (κ1) is 17.6. The summed E-state index contributed by atoms with van der Waals surface area (Å²) in [6.45, 7) is 12.5. The summed E-state index contributed by atoms with van der Waals surface area (Å²) < 4.78 is 1.78. The average Bonchev–Trinajstić information content (AvgIpc) is 2.68. The van der Waals surface area contributed by atoms with E-state index in [9.17, 15) is 0 Å². The predicted octanol–water partition coefficient (Wildman–Crippen LogP) is -0.282. The molecule has 0 spiro atoms. The molecule has 0 atom stereocenters. The van der Waals surface area contributed by atoms with Crippen molar-refractivity contribution in [1.29, 1.82) is 0 Å². The molecule has 15 heavy (non-hydrogen) atoms. The standard InChI is InChI=1S/C9H12N3.C2H6.K/c1-4-8(3)6-9-10-7-11-12(9)5-2;1-2;/h4,6H,1,5H2,2-3H3;1-2H3;/q-1;;+1/b8-6-;;. The van der Waals surface area contributed by atoms with Crippen molar-refractivity contribution in [3.05, 3.63) is 30.4 Å². The first-order chi connectivity index (χ1) is 6.77. The third kappa shape index (κ3) is 6.43.